The van der Waals surface area contributed by atoms with Gasteiger partial charge in [-0.2, -0.15) is 5.21 Å². The molecule has 0 bridgehead atoms. The van der Waals surface area contributed by atoms with Gasteiger partial charge in [-0.25, -0.2) is 9.97 Å². The van der Waals surface area contributed by atoms with Crippen LogP contribution in [-0.4, -0.2) is 55.5 Å². The second-order valence-corrected chi connectivity index (χ2v) is 8.18. The molecule has 2 N–H and O–H groups in total. The van der Waals surface area contributed by atoms with Crippen LogP contribution in [0.4, 0.5) is 5.82 Å². The number of hydrogen-bond donors (Lipinski definition) is 2. The molecule has 0 fully saturated rings. The van der Waals surface area contributed by atoms with E-state index in [0.29, 0.717) is 23.8 Å². The van der Waals surface area contributed by atoms with Gasteiger partial charge in [0.15, 0.2) is 0 Å². The van der Waals surface area contributed by atoms with Gasteiger partial charge in [-0.15, -0.1) is 10.2 Å². The zero-order chi connectivity index (χ0) is 23.9. The van der Waals surface area contributed by atoms with E-state index in [1.54, 1.807) is 20.3 Å². The molecule has 0 saturated carbocycles. The lowest BCUT2D eigenvalue weighted by Gasteiger charge is -2.15. The Balaban J connectivity index is 1.53. The molecular weight excluding hydrogens is 428 g/mol. The second-order valence-electron chi connectivity index (χ2n) is 8.18. The minimum Gasteiger partial charge on any atom is -0.365 e. The summed E-state index contributed by atoms with van der Waals surface area (Å²) in [4.78, 5) is 23.2. The summed E-state index contributed by atoms with van der Waals surface area (Å²) in [6.07, 6.45) is 4.48. The molecule has 1 amide bonds. The lowest BCUT2D eigenvalue weighted by molar-refractivity contribution is 0.0827. The van der Waals surface area contributed by atoms with Gasteiger partial charge in [0.05, 0.1) is 0 Å². The Morgan fingerprint density at radius 3 is 2.50 bits per heavy atom. The van der Waals surface area contributed by atoms with Crippen LogP contribution in [0.3, 0.4) is 0 Å². The molecule has 0 radical (unpaired) electrons. The van der Waals surface area contributed by atoms with Crippen LogP contribution in [0.1, 0.15) is 41.5 Å². The van der Waals surface area contributed by atoms with Crippen molar-refractivity contribution in [2.45, 2.75) is 32.7 Å². The molecule has 9 heteroatoms. The maximum Gasteiger partial charge on any atom is 0.258 e. The van der Waals surface area contributed by atoms with Crippen LogP contribution < -0.4 is 5.32 Å². The maximum atomic E-state index is 12.6. The number of aromatic nitrogens is 6. The number of hydrogen-bond acceptors (Lipinski definition) is 7. The van der Waals surface area contributed by atoms with Gasteiger partial charge in [-0.1, -0.05) is 61.9 Å². The standard InChI is InChI=1S/C25H28N8O/c1-4-5-10-22-26-16-21(25(34)33(2)3)23(28-22)27-15-17-11-13-18(14-12-17)19-8-6-7-9-20(19)24-29-31-32-30-24/h6-9,11-14,16H,4-5,10,15H2,1-3H3,(H,26,27,28)(H,29,30,31,32). The van der Waals surface area contributed by atoms with Gasteiger partial charge in [0.25, 0.3) is 5.91 Å². The number of tetrazole rings is 1. The number of amides is 1. The average Bonchev–Trinajstić information content (AvgIpc) is 3.41. The fourth-order valence-electron chi connectivity index (χ4n) is 3.60. The Morgan fingerprint density at radius 2 is 1.82 bits per heavy atom. The van der Waals surface area contributed by atoms with E-state index in [1.165, 1.54) is 4.90 Å². The summed E-state index contributed by atoms with van der Waals surface area (Å²) >= 11 is 0. The predicted molar refractivity (Wildman–Crippen MR) is 131 cm³/mol. The van der Waals surface area contributed by atoms with Crippen LogP contribution in [0, 0.1) is 0 Å². The van der Waals surface area contributed by atoms with Gasteiger partial charge in [-0.05, 0) is 28.3 Å². The summed E-state index contributed by atoms with van der Waals surface area (Å²) in [5.74, 6) is 1.74. The number of H-pyrrole nitrogens is 1. The molecule has 9 nitrogen and oxygen atoms in total. The van der Waals surface area contributed by atoms with Crippen molar-refractivity contribution >= 4 is 11.7 Å². The second kappa shape index (κ2) is 10.7. The lowest BCUT2D eigenvalue weighted by Crippen LogP contribution is -2.24. The molecule has 2 aromatic carbocycles. The van der Waals surface area contributed by atoms with Crippen molar-refractivity contribution in [3.05, 3.63) is 71.7 Å². The minimum atomic E-state index is -0.127. The van der Waals surface area contributed by atoms with Crippen LogP contribution in [-0.2, 0) is 13.0 Å². The Hall–Kier alpha value is -4.14. The van der Waals surface area contributed by atoms with Gasteiger partial charge in [-0.3, -0.25) is 4.79 Å². The molecule has 4 aromatic rings. The summed E-state index contributed by atoms with van der Waals surface area (Å²) in [7, 11) is 3.45. The van der Waals surface area contributed by atoms with Gasteiger partial charge >= 0.3 is 0 Å². The van der Waals surface area contributed by atoms with Crippen LogP contribution in [0.5, 0.6) is 0 Å². The Kier molecular flexibility index (Phi) is 7.22. The van der Waals surface area contributed by atoms with Crippen molar-refractivity contribution in [3.8, 4) is 22.5 Å². The van der Waals surface area contributed by atoms with Crippen molar-refractivity contribution in [2.75, 3.05) is 19.4 Å². The van der Waals surface area contributed by atoms with Crippen LogP contribution in [0.25, 0.3) is 22.5 Å². The Morgan fingerprint density at radius 1 is 1.06 bits per heavy atom. The summed E-state index contributed by atoms with van der Waals surface area (Å²) in [5, 5.41) is 17.7. The third-order valence-corrected chi connectivity index (χ3v) is 5.47. The van der Waals surface area contributed by atoms with Crippen LogP contribution >= 0.6 is 0 Å². The third kappa shape index (κ3) is 5.25. The van der Waals surface area contributed by atoms with Crippen molar-refractivity contribution in [1.82, 2.24) is 35.5 Å². The molecule has 0 unspecified atom stereocenters. The lowest BCUT2D eigenvalue weighted by atomic mass is 9.98. The summed E-state index contributed by atoms with van der Waals surface area (Å²) < 4.78 is 0. The highest BCUT2D eigenvalue weighted by atomic mass is 16.2. The van der Waals surface area contributed by atoms with Crippen molar-refractivity contribution in [2.24, 2.45) is 0 Å². The first-order chi connectivity index (χ1) is 16.6. The first kappa shape index (κ1) is 23.0. The molecule has 0 spiro atoms. The number of aryl methyl sites for hydroxylation is 1. The first-order valence-electron chi connectivity index (χ1n) is 11.3. The molecule has 0 saturated heterocycles. The molecule has 174 valence electrons. The number of anilines is 1. The molecule has 0 aliphatic carbocycles. The number of rotatable bonds is 9. The largest absolute Gasteiger partial charge is 0.365 e. The highest BCUT2D eigenvalue weighted by Crippen LogP contribution is 2.29. The normalized spacial score (nSPS) is 10.8. The van der Waals surface area contributed by atoms with E-state index in [2.05, 4.69) is 67.1 Å². The highest BCUT2D eigenvalue weighted by Gasteiger charge is 2.17. The van der Waals surface area contributed by atoms with Gasteiger partial charge < -0.3 is 10.2 Å². The van der Waals surface area contributed by atoms with E-state index in [4.69, 9.17) is 0 Å². The maximum absolute atomic E-state index is 12.6. The van der Waals surface area contributed by atoms with Gasteiger partial charge in [0, 0.05) is 38.8 Å². The van der Waals surface area contributed by atoms with Gasteiger partial charge in [0.2, 0.25) is 5.82 Å². The van der Waals surface area contributed by atoms with E-state index >= 15 is 0 Å². The monoisotopic (exact) mass is 456 g/mol. The topological polar surface area (TPSA) is 113 Å². The molecule has 2 aromatic heterocycles. The number of benzene rings is 2. The predicted octanol–water partition coefficient (Wildman–Crippen LogP) is 3.98. The first-order valence-corrected chi connectivity index (χ1v) is 11.3. The van der Waals surface area contributed by atoms with E-state index in [-0.39, 0.29) is 5.91 Å². The molecule has 34 heavy (non-hydrogen) atoms. The van der Waals surface area contributed by atoms with E-state index in [0.717, 1.165) is 47.3 Å². The molecule has 0 aliphatic rings. The van der Waals surface area contributed by atoms with Crippen LogP contribution in [0.15, 0.2) is 54.7 Å². The van der Waals surface area contributed by atoms with Crippen molar-refractivity contribution in [1.29, 1.82) is 0 Å². The molecule has 0 aliphatic heterocycles. The van der Waals surface area contributed by atoms with E-state index in [9.17, 15) is 4.79 Å². The molecule has 2 heterocycles. The van der Waals surface area contributed by atoms with E-state index in [1.807, 2.05) is 24.3 Å². The van der Waals surface area contributed by atoms with Crippen molar-refractivity contribution in [3.63, 3.8) is 0 Å². The van der Waals surface area contributed by atoms with Crippen molar-refractivity contribution < 1.29 is 4.79 Å². The van der Waals surface area contributed by atoms with Crippen LogP contribution in [0.2, 0.25) is 0 Å². The summed E-state index contributed by atoms with van der Waals surface area (Å²) in [6.45, 7) is 2.66. The average molecular weight is 457 g/mol. The Bertz CT molecular complexity index is 1240. The van der Waals surface area contributed by atoms with E-state index < -0.39 is 0 Å². The number of carbonyl (C=O) groups excluding carboxylic acids is 1. The number of nitrogens with zero attached hydrogens (tertiary/aromatic N) is 6. The third-order valence-electron chi connectivity index (χ3n) is 5.47. The zero-order valence-electron chi connectivity index (χ0n) is 19.6. The SMILES string of the molecule is CCCCc1ncc(C(=O)N(C)C)c(NCc2ccc(-c3ccccc3-c3nn[nH]n3)cc2)n1. The highest BCUT2D eigenvalue weighted by molar-refractivity contribution is 5.98. The smallest absolute Gasteiger partial charge is 0.258 e. The zero-order valence-corrected chi connectivity index (χ0v) is 19.6. The molecule has 0 atom stereocenters. The fourth-order valence-corrected chi connectivity index (χ4v) is 3.60. The fraction of sp³-hybridized carbons (Fsp3) is 0.280. The number of carbonyl (C=O) groups is 1. The Labute approximate surface area is 198 Å². The number of aromatic amines is 1. The number of nitrogens with one attached hydrogen (secondary N) is 2. The summed E-state index contributed by atoms with van der Waals surface area (Å²) in [6, 6.07) is 16.2. The quantitative estimate of drug-likeness (QED) is 0.392. The van der Waals surface area contributed by atoms with Gasteiger partial charge in [0.1, 0.15) is 17.2 Å². The number of unbranched alkanes of at least 4 members (excludes halogenated alkanes) is 1. The minimum absolute atomic E-state index is 0.127. The molecular formula is C25H28N8O. The summed E-state index contributed by atoms with van der Waals surface area (Å²) in [5.41, 5.74) is 4.53. The molecule has 4 rings (SSSR count).